The van der Waals surface area contributed by atoms with E-state index < -0.39 is 9.84 Å². The number of hydrogen-bond donors (Lipinski definition) is 0. The number of ether oxygens (including phenoxy) is 1. The quantitative estimate of drug-likeness (QED) is 0.787. The summed E-state index contributed by atoms with van der Waals surface area (Å²) in [5.74, 6) is 0.733. The van der Waals surface area contributed by atoms with E-state index in [0.29, 0.717) is 5.69 Å². The normalized spacial score (nSPS) is 11.2. The summed E-state index contributed by atoms with van der Waals surface area (Å²) < 4.78 is 27.8. The van der Waals surface area contributed by atoms with Crippen molar-refractivity contribution in [2.24, 2.45) is 0 Å². The Morgan fingerprint density at radius 3 is 2.33 bits per heavy atom. The van der Waals surface area contributed by atoms with Crippen molar-refractivity contribution in [3.05, 3.63) is 36.5 Å². The molecule has 0 radical (unpaired) electrons. The number of hydrogen-bond acceptors (Lipinski definition) is 5. The van der Waals surface area contributed by atoms with Gasteiger partial charge in [0.25, 0.3) is 0 Å². The molecule has 0 spiro atoms. The number of nitrogens with zero attached hydrogens (tertiary/aromatic N) is 2. The molecule has 0 amide bonds. The predicted molar refractivity (Wildman–Crippen MR) is 67.1 cm³/mol. The first kappa shape index (κ1) is 12.5. The zero-order chi connectivity index (χ0) is 13.2. The van der Waals surface area contributed by atoms with Gasteiger partial charge in [0, 0.05) is 18.0 Å². The number of aromatic nitrogens is 2. The topological polar surface area (TPSA) is 69.2 Å². The molecule has 1 heterocycles. The molecule has 0 saturated heterocycles. The van der Waals surface area contributed by atoms with Crippen molar-refractivity contribution < 1.29 is 13.2 Å². The van der Waals surface area contributed by atoms with Gasteiger partial charge in [-0.15, -0.1) is 0 Å². The SMILES string of the molecule is COc1ccc(-c2ccnc(S(C)(=O)=O)n2)cc1. The molecule has 0 aliphatic heterocycles. The van der Waals surface area contributed by atoms with Crippen molar-refractivity contribution in [2.75, 3.05) is 13.4 Å². The van der Waals surface area contributed by atoms with Crippen LogP contribution in [0.5, 0.6) is 5.75 Å². The highest BCUT2D eigenvalue weighted by Gasteiger charge is 2.11. The fourth-order valence-corrected chi connectivity index (χ4v) is 1.96. The second-order valence-corrected chi connectivity index (χ2v) is 5.63. The lowest BCUT2D eigenvalue weighted by Crippen LogP contribution is -2.04. The Labute approximate surface area is 105 Å². The smallest absolute Gasteiger partial charge is 0.247 e. The highest BCUT2D eigenvalue weighted by molar-refractivity contribution is 7.90. The van der Waals surface area contributed by atoms with Crippen molar-refractivity contribution in [1.82, 2.24) is 9.97 Å². The highest BCUT2D eigenvalue weighted by Crippen LogP contribution is 2.20. The van der Waals surface area contributed by atoms with E-state index in [1.165, 1.54) is 6.20 Å². The highest BCUT2D eigenvalue weighted by atomic mass is 32.2. The minimum Gasteiger partial charge on any atom is -0.497 e. The Bertz CT molecular complexity index is 651. The second kappa shape index (κ2) is 4.73. The van der Waals surface area contributed by atoms with Crippen LogP contribution in [0.4, 0.5) is 0 Å². The summed E-state index contributed by atoms with van der Waals surface area (Å²) in [6.45, 7) is 0. The van der Waals surface area contributed by atoms with Crippen molar-refractivity contribution >= 4 is 9.84 Å². The molecule has 0 aliphatic carbocycles. The molecule has 2 rings (SSSR count). The average Bonchev–Trinajstić information content (AvgIpc) is 2.38. The van der Waals surface area contributed by atoms with E-state index in [1.807, 2.05) is 12.1 Å². The third-order valence-corrected chi connectivity index (χ3v) is 3.21. The molecule has 0 bridgehead atoms. The van der Waals surface area contributed by atoms with Gasteiger partial charge in [0.1, 0.15) is 5.75 Å². The number of sulfone groups is 1. The molecular weight excluding hydrogens is 252 g/mol. The van der Waals surface area contributed by atoms with Crippen molar-refractivity contribution in [3.63, 3.8) is 0 Å². The monoisotopic (exact) mass is 264 g/mol. The summed E-state index contributed by atoms with van der Waals surface area (Å²) in [5.41, 5.74) is 1.37. The first-order valence-corrected chi connectivity index (χ1v) is 7.07. The molecule has 94 valence electrons. The fourth-order valence-electron chi connectivity index (χ4n) is 1.44. The first-order chi connectivity index (χ1) is 8.50. The Hall–Kier alpha value is -1.95. The van der Waals surface area contributed by atoms with Gasteiger partial charge in [0.15, 0.2) is 0 Å². The van der Waals surface area contributed by atoms with E-state index in [4.69, 9.17) is 4.74 Å². The molecular formula is C12H12N2O3S. The van der Waals surface area contributed by atoms with Crippen LogP contribution in [0.15, 0.2) is 41.7 Å². The summed E-state index contributed by atoms with van der Waals surface area (Å²) in [4.78, 5) is 7.78. The maximum Gasteiger partial charge on any atom is 0.247 e. The van der Waals surface area contributed by atoms with Crippen LogP contribution in [0, 0.1) is 0 Å². The first-order valence-electron chi connectivity index (χ1n) is 5.18. The van der Waals surface area contributed by atoms with Crippen LogP contribution in [-0.2, 0) is 9.84 Å². The van der Waals surface area contributed by atoms with Gasteiger partial charge in [0.2, 0.25) is 15.0 Å². The van der Waals surface area contributed by atoms with Crippen LogP contribution in [0.25, 0.3) is 11.3 Å². The van der Waals surface area contributed by atoms with Gasteiger partial charge < -0.3 is 4.74 Å². The van der Waals surface area contributed by atoms with Crippen LogP contribution >= 0.6 is 0 Å². The lowest BCUT2D eigenvalue weighted by Gasteiger charge is -2.04. The molecule has 5 nitrogen and oxygen atoms in total. The molecule has 2 aromatic rings. The second-order valence-electron chi connectivity index (χ2n) is 3.73. The van der Waals surface area contributed by atoms with Crippen molar-refractivity contribution in [2.45, 2.75) is 5.16 Å². The lowest BCUT2D eigenvalue weighted by molar-refractivity contribution is 0.415. The maximum atomic E-state index is 11.4. The standard InChI is InChI=1S/C12H12N2O3S/c1-17-10-5-3-9(4-6-10)11-7-8-13-12(14-11)18(2,15)16/h3-8H,1-2H3. The molecule has 0 atom stereocenters. The Morgan fingerprint density at radius 1 is 1.11 bits per heavy atom. The van der Waals surface area contributed by atoms with Crippen LogP contribution in [0.2, 0.25) is 0 Å². The van der Waals surface area contributed by atoms with Gasteiger partial charge in [0.05, 0.1) is 12.8 Å². The molecule has 0 aliphatic rings. The minimum atomic E-state index is -3.39. The molecule has 6 heteroatoms. The van der Waals surface area contributed by atoms with Crippen LogP contribution in [-0.4, -0.2) is 31.8 Å². The van der Waals surface area contributed by atoms with E-state index in [-0.39, 0.29) is 5.16 Å². The zero-order valence-electron chi connectivity index (χ0n) is 9.99. The lowest BCUT2D eigenvalue weighted by atomic mass is 10.1. The summed E-state index contributed by atoms with van der Waals surface area (Å²) in [6, 6.07) is 8.87. The molecule has 18 heavy (non-hydrogen) atoms. The number of methoxy groups -OCH3 is 1. The van der Waals surface area contributed by atoms with E-state index in [2.05, 4.69) is 9.97 Å². The Morgan fingerprint density at radius 2 is 1.78 bits per heavy atom. The van der Waals surface area contributed by atoms with Gasteiger partial charge in [-0.05, 0) is 30.3 Å². The van der Waals surface area contributed by atoms with Crippen LogP contribution < -0.4 is 4.74 Å². The predicted octanol–water partition coefficient (Wildman–Crippen LogP) is 1.56. The van der Waals surface area contributed by atoms with E-state index in [0.717, 1.165) is 17.6 Å². The Kier molecular flexibility index (Phi) is 3.29. The van der Waals surface area contributed by atoms with Gasteiger partial charge in [-0.25, -0.2) is 18.4 Å². The van der Waals surface area contributed by atoms with Gasteiger partial charge in [-0.3, -0.25) is 0 Å². The summed E-state index contributed by atoms with van der Waals surface area (Å²) in [7, 11) is -1.81. The van der Waals surface area contributed by atoms with Gasteiger partial charge in [-0.1, -0.05) is 0 Å². The minimum absolute atomic E-state index is 0.171. The van der Waals surface area contributed by atoms with E-state index in [9.17, 15) is 8.42 Å². The van der Waals surface area contributed by atoms with E-state index >= 15 is 0 Å². The third-order valence-electron chi connectivity index (χ3n) is 2.35. The molecule has 0 N–H and O–H groups in total. The van der Waals surface area contributed by atoms with Crippen LogP contribution in [0.1, 0.15) is 0 Å². The van der Waals surface area contributed by atoms with Gasteiger partial charge in [-0.2, -0.15) is 0 Å². The molecule has 1 aromatic heterocycles. The van der Waals surface area contributed by atoms with Crippen molar-refractivity contribution in [1.29, 1.82) is 0 Å². The number of rotatable bonds is 3. The molecule has 0 fully saturated rings. The molecule has 0 saturated carbocycles. The zero-order valence-corrected chi connectivity index (χ0v) is 10.8. The third kappa shape index (κ3) is 2.65. The van der Waals surface area contributed by atoms with Crippen LogP contribution in [0.3, 0.4) is 0 Å². The summed E-state index contributed by atoms with van der Waals surface area (Å²) >= 11 is 0. The maximum absolute atomic E-state index is 11.4. The number of benzene rings is 1. The molecule has 0 unspecified atom stereocenters. The summed E-state index contributed by atoms with van der Waals surface area (Å²) in [6.07, 6.45) is 2.52. The molecule has 1 aromatic carbocycles. The van der Waals surface area contributed by atoms with Gasteiger partial charge >= 0.3 is 0 Å². The average molecular weight is 264 g/mol. The fraction of sp³-hybridized carbons (Fsp3) is 0.167. The van der Waals surface area contributed by atoms with Crippen molar-refractivity contribution in [3.8, 4) is 17.0 Å². The Balaban J connectivity index is 2.44. The summed E-state index contributed by atoms with van der Waals surface area (Å²) in [5, 5.41) is -0.171. The largest absolute Gasteiger partial charge is 0.497 e. The van der Waals surface area contributed by atoms with E-state index in [1.54, 1.807) is 25.3 Å².